The SMILES string of the molecule is COc1cc(CN2CCc3[c]nc(C(N)=O)nc3C2)ccc1F. The molecule has 0 spiro atoms. The third kappa shape index (κ3) is 3.29. The van der Waals surface area contributed by atoms with Crippen LogP contribution >= 0.6 is 0 Å². The van der Waals surface area contributed by atoms with E-state index in [1.807, 2.05) is 0 Å². The quantitative estimate of drug-likeness (QED) is 0.913. The number of ether oxygens (including phenoxy) is 1. The largest absolute Gasteiger partial charge is 0.494 e. The van der Waals surface area contributed by atoms with Gasteiger partial charge in [-0.2, -0.15) is 0 Å². The molecular weight excluding hydrogens is 299 g/mol. The van der Waals surface area contributed by atoms with Crippen LogP contribution in [0.1, 0.15) is 27.4 Å². The van der Waals surface area contributed by atoms with Crippen molar-refractivity contribution in [1.29, 1.82) is 0 Å². The molecule has 6 nitrogen and oxygen atoms in total. The van der Waals surface area contributed by atoms with Crippen molar-refractivity contribution in [1.82, 2.24) is 14.9 Å². The number of primary amides is 1. The number of benzene rings is 1. The predicted octanol–water partition coefficient (Wildman–Crippen LogP) is 1.08. The van der Waals surface area contributed by atoms with Crippen LogP contribution in [-0.2, 0) is 19.5 Å². The van der Waals surface area contributed by atoms with Crippen LogP contribution in [-0.4, -0.2) is 34.4 Å². The molecule has 1 aromatic carbocycles. The highest BCUT2D eigenvalue weighted by Crippen LogP contribution is 2.22. The lowest BCUT2D eigenvalue weighted by Crippen LogP contribution is -2.32. The summed E-state index contributed by atoms with van der Waals surface area (Å²) < 4.78 is 18.5. The second-order valence-corrected chi connectivity index (χ2v) is 5.38. The first-order valence-electron chi connectivity index (χ1n) is 7.19. The van der Waals surface area contributed by atoms with Gasteiger partial charge >= 0.3 is 0 Å². The van der Waals surface area contributed by atoms with Crippen molar-refractivity contribution < 1.29 is 13.9 Å². The molecule has 0 aliphatic carbocycles. The van der Waals surface area contributed by atoms with Crippen molar-refractivity contribution in [3.63, 3.8) is 0 Å². The van der Waals surface area contributed by atoms with E-state index >= 15 is 0 Å². The Hall–Kier alpha value is -2.54. The summed E-state index contributed by atoms with van der Waals surface area (Å²) in [5.41, 5.74) is 7.81. The average molecular weight is 315 g/mol. The van der Waals surface area contributed by atoms with Crippen LogP contribution in [0, 0.1) is 12.0 Å². The van der Waals surface area contributed by atoms with E-state index in [2.05, 4.69) is 21.1 Å². The summed E-state index contributed by atoms with van der Waals surface area (Å²) in [6, 6.07) is 4.81. The van der Waals surface area contributed by atoms with Gasteiger partial charge in [-0.3, -0.25) is 9.69 Å². The van der Waals surface area contributed by atoms with Gasteiger partial charge in [0.05, 0.1) is 19.0 Å². The van der Waals surface area contributed by atoms with Gasteiger partial charge in [0.25, 0.3) is 5.91 Å². The van der Waals surface area contributed by atoms with Crippen molar-refractivity contribution in [3.8, 4) is 5.75 Å². The van der Waals surface area contributed by atoms with Crippen molar-refractivity contribution in [3.05, 3.63) is 52.9 Å². The van der Waals surface area contributed by atoms with Crippen LogP contribution in [0.25, 0.3) is 0 Å². The first-order valence-corrected chi connectivity index (χ1v) is 7.19. The van der Waals surface area contributed by atoms with Crippen LogP contribution in [0.15, 0.2) is 18.2 Å². The lowest BCUT2D eigenvalue weighted by Gasteiger charge is -2.27. The molecule has 0 atom stereocenters. The Morgan fingerprint density at radius 3 is 3.09 bits per heavy atom. The molecule has 1 radical (unpaired) electrons. The minimum Gasteiger partial charge on any atom is -0.494 e. The van der Waals surface area contributed by atoms with Crippen LogP contribution < -0.4 is 10.5 Å². The van der Waals surface area contributed by atoms with Gasteiger partial charge in [0.15, 0.2) is 11.6 Å². The van der Waals surface area contributed by atoms with E-state index in [0.29, 0.717) is 13.1 Å². The lowest BCUT2D eigenvalue weighted by molar-refractivity contribution is 0.0989. The predicted molar refractivity (Wildman–Crippen MR) is 80.2 cm³/mol. The minimum absolute atomic E-state index is 0.0194. The standard InChI is InChI=1S/C16H16FN4O2/c1-23-14-6-10(2-3-12(14)17)8-21-5-4-11-7-19-16(15(18)22)20-13(11)9-21/h2-3,6H,4-5,8-9H2,1H3,(H2,18,22). The summed E-state index contributed by atoms with van der Waals surface area (Å²) >= 11 is 0. The smallest absolute Gasteiger partial charge is 0.286 e. The van der Waals surface area contributed by atoms with Crippen LogP contribution in [0.3, 0.4) is 0 Å². The molecule has 1 aromatic heterocycles. The number of nitrogens with two attached hydrogens (primary N) is 1. The zero-order valence-electron chi connectivity index (χ0n) is 12.7. The molecule has 1 aliphatic rings. The highest BCUT2D eigenvalue weighted by Gasteiger charge is 2.20. The van der Waals surface area contributed by atoms with E-state index in [1.54, 1.807) is 12.1 Å². The molecule has 119 valence electrons. The molecule has 2 heterocycles. The van der Waals surface area contributed by atoms with Gasteiger partial charge < -0.3 is 10.5 Å². The zero-order valence-corrected chi connectivity index (χ0v) is 12.7. The number of hydrogen-bond acceptors (Lipinski definition) is 5. The Bertz CT molecular complexity index is 751. The molecule has 0 fully saturated rings. The zero-order chi connectivity index (χ0) is 16.4. The van der Waals surface area contributed by atoms with Crippen LogP contribution in [0.4, 0.5) is 4.39 Å². The second kappa shape index (κ2) is 6.29. The first-order chi connectivity index (χ1) is 11.1. The Morgan fingerprint density at radius 2 is 2.35 bits per heavy atom. The van der Waals surface area contributed by atoms with E-state index in [9.17, 15) is 9.18 Å². The van der Waals surface area contributed by atoms with Gasteiger partial charge in [-0.05, 0) is 24.1 Å². The van der Waals surface area contributed by atoms with E-state index in [-0.39, 0.29) is 17.4 Å². The highest BCUT2D eigenvalue weighted by atomic mass is 19.1. The average Bonchev–Trinajstić information content (AvgIpc) is 2.56. The van der Waals surface area contributed by atoms with E-state index in [4.69, 9.17) is 10.5 Å². The number of nitrogens with zero attached hydrogens (tertiary/aromatic N) is 3. The number of carbonyl (C=O) groups is 1. The molecule has 7 heteroatoms. The third-order valence-corrected chi connectivity index (χ3v) is 3.78. The fourth-order valence-corrected chi connectivity index (χ4v) is 2.60. The summed E-state index contributed by atoms with van der Waals surface area (Å²) in [7, 11) is 1.44. The van der Waals surface area contributed by atoms with Crippen molar-refractivity contribution in [2.75, 3.05) is 13.7 Å². The Kier molecular flexibility index (Phi) is 4.20. The Morgan fingerprint density at radius 1 is 1.52 bits per heavy atom. The molecule has 3 rings (SSSR count). The monoisotopic (exact) mass is 315 g/mol. The number of amides is 1. The fourth-order valence-electron chi connectivity index (χ4n) is 2.60. The molecule has 0 bridgehead atoms. The minimum atomic E-state index is -0.663. The van der Waals surface area contributed by atoms with Gasteiger partial charge in [-0.15, -0.1) is 0 Å². The number of methoxy groups -OCH3 is 1. The number of rotatable bonds is 4. The van der Waals surface area contributed by atoms with E-state index in [1.165, 1.54) is 13.2 Å². The normalized spacial score (nSPS) is 14.3. The first kappa shape index (κ1) is 15.4. The van der Waals surface area contributed by atoms with Crippen molar-refractivity contribution in [2.45, 2.75) is 19.5 Å². The van der Waals surface area contributed by atoms with Crippen LogP contribution in [0.2, 0.25) is 0 Å². The number of fused-ring (bicyclic) bond motifs is 1. The van der Waals surface area contributed by atoms with Crippen molar-refractivity contribution >= 4 is 5.91 Å². The molecule has 1 amide bonds. The van der Waals surface area contributed by atoms with E-state index in [0.717, 1.165) is 29.8 Å². The molecule has 1 aliphatic heterocycles. The lowest BCUT2D eigenvalue weighted by atomic mass is 10.1. The van der Waals surface area contributed by atoms with Gasteiger partial charge in [0.1, 0.15) is 0 Å². The van der Waals surface area contributed by atoms with Gasteiger partial charge in [0.2, 0.25) is 5.82 Å². The molecule has 0 unspecified atom stereocenters. The van der Waals surface area contributed by atoms with Gasteiger partial charge in [0, 0.05) is 25.2 Å². The number of aromatic nitrogens is 2. The molecular formula is C16H16FN4O2. The molecule has 0 saturated carbocycles. The highest BCUT2D eigenvalue weighted by molar-refractivity contribution is 5.88. The van der Waals surface area contributed by atoms with Gasteiger partial charge in [-0.25, -0.2) is 14.4 Å². The number of carbonyl (C=O) groups excluding carboxylic acids is 1. The maximum absolute atomic E-state index is 13.5. The third-order valence-electron chi connectivity index (χ3n) is 3.78. The van der Waals surface area contributed by atoms with E-state index < -0.39 is 5.91 Å². The summed E-state index contributed by atoms with van der Waals surface area (Å²) in [6.45, 7) is 2.00. The number of halogens is 1. The Labute approximate surface area is 133 Å². The maximum atomic E-state index is 13.5. The van der Waals surface area contributed by atoms with Gasteiger partial charge in [-0.1, -0.05) is 6.07 Å². The fraction of sp³-hybridized carbons (Fsp3) is 0.312. The topological polar surface area (TPSA) is 81.3 Å². The molecule has 2 N–H and O–H groups in total. The molecule has 0 saturated heterocycles. The molecule has 2 aromatic rings. The Balaban J connectivity index is 1.76. The summed E-state index contributed by atoms with van der Waals surface area (Å²) in [4.78, 5) is 21.4. The summed E-state index contributed by atoms with van der Waals surface area (Å²) in [6.07, 6.45) is 3.58. The molecule has 23 heavy (non-hydrogen) atoms. The second-order valence-electron chi connectivity index (χ2n) is 5.38. The number of hydrogen-bond donors (Lipinski definition) is 1. The maximum Gasteiger partial charge on any atom is 0.286 e. The summed E-state index contributed by atoms with van der Waals surface area (Å²) in [5, 5.41) is 0. The summed E-state index contributed by atoms with van der Waals surface area (Å²) in [5.74, 6) is -0.834. The van der Waals surface area contributed by atoms with Crippen molar-refractivity contribution in [2.24, 2.45) is 5.73 Å². The van der Waals surface area contributed by atoms with Crippen LogP contribution in [0.5, 0.6) is 5.75 Å².